The number of carbonyl (C=O) groups is 2. The Labute approximate surface area is 121 Å². The highest BCUT2D eigenvalue weighted by atomic mass is 32.2. The van der Waals surface area contributed by atoms with Gasteiger partial charge in [0.1, 0.15) is 10.6 Å². The van der Waals surface area contributed by atoms with Crippen molar-refractivity contribution in [3.8, 4) is 0 Å². The second-order valence-electron chi connectivity index (χ2n) is 5.02. The van der Waals surface area contributed by atoms with Gasteiger partial charge in [-0.25, -0.2) is 13.2 Å². The monoisotopic (exact) mass is 316 g/mol. The first-order chi connectivity index (χ1) is 9.73. The van der Waals surface area contributed by atoms with Crippen LogP contribution < -0.4 is 0 Å². The topological polar surface area (TPSA) is 117 Å². The normalized spacial score (nSPS) is 20.3. The molecule has 1 aromatic heterocycles. The number of nitrogens with zero attached hydrogens (tertiary/aromatic N) is 2. The number of aromatic carboxylic acids is 1. The number of aliphatic carboxylic acids is 1. The second kappa shape index (κ2) is 5.49. The van der Waals surface area contributed by atoms with Crippen molar-refractivity contribution in [2.75, 3.05) is 13.1 Å². The van der Waals surface area contributed by atoms with Gasteiger partial charge < -0.3 is 14.8 Å². The summed E-state index contributed by atoms with van der Waals surface area (Å²) < 4.78 is 27.3. The first-order valence-electron chi connectivity index (χ1n) is 6.36. The van der Waals surface area contributed by atoms with Crippen LogP contribution in [0.3, 0.4) is 0 Å². The standard InChI is InChI=1S/C12H16N2O6S/c1-13-7-9(5-10(13)12(17)18)21(19,20)14-4-2-3-8(6-14)11(15)16/h5,7-8H,2-4,6H2,1H3,(H,15,16)(H,17,18)/t8-/m1/s1. The molecule has 0 aliphatic carbocycles. The van der Waals surface area contributed by atoms with Gasteiger partial charge in [0.25, 0.3) is 0 Å². The summed E-state index contributed by atoms with van der Waals surface area (Å²) in [6.45, 7) is 0.151. The third kappa shape index (κ3) is 2.93. The lowest BCUT2D eigenvalue weighted by Gasteiger charge is -2.29. The van der Waals surface area contributed by atoms with E-state index in [4.69, 9.17) is 10.2 Å². The molecule has 9 heteroatoms. The summed E-state index contributed by atoms with van der Waals surface area (Å²) in [4.78, 5) is 21.8. The summed E-state index contributed by atoms with van der Waals surface area (Å²) in [6, 6.07) is 1.09. The van der Waals surface area contributed by atoms with E-state index in [-0.39, 0.29) is 23.7 Å². The number of hydrogen-bond donors (Lipinski definition) is 2. The van der Waals surface area contributed by atoms with Gasteiger partial charge in [0.2, 0.25) is 10.0 Å². The number of rotatable bonds is 4. The van der Waals surface area contributed by atoms with E-state index in [1.807, 2.05) is 0 Å². The number of piperidine rings is 1. The van der Waals surface area contributed by atoms with Gasteiger partial charge in [0.05, 0.1) is 5.92 Å². The van der Waals surface area contributed by atoms with Gasteiger partial charge in [-0.2, -0.15) is 4.31 Å². The van der Waals surface area contributed by atoms with Crippen LogP contribution in [0.5, 0.6) is 0 Å². The fourth-order valence-corrected chi connectivity index (χ4v) is 3.99. The van der Waals surface area contributed by atoms with Crippen LogP contribution in [0.15, 0.2) is 17.2 Å². The van der Waals surface area contributed by atoms with Crippen LogP contribution in [0.25, 0.3) is 0 Å². The van der Waals surface area contributed by atoms with E-state index in [9.17, 15) is 18.0 Å². The van der Waals surface area contributed by atoms with Gasteiger partial charge >= 0.3 is 11.9 Å². The minimum Gasteiger partial charge on any atom is -0.481 e. The summed E-state index contributed by atoms with van der Waals surface area (Å²) in [5.41, 5.74) is -0.139. The first-order valence-corrected chi connectivity index (χ1v) is 7.80. The highest BCUT2D eigenvalue weighted by molar-refractivity contribution is 7.89. The van der Waals surface area contributed by atoms with E-state index in [1.54, 1.807) is 0 Å². The molecular formula is C12H16N2O6S. The Morgan fingerprint density at radius 3 is 2.52 bits per heavy atom. The van der Waals surface area contributed by atoms with Crippen LogP contribution in [-0.2, 0) is 21.9 Å². The van der Waals surface area contributed by atoms with Crippen molar-refractivity contribution in [2.24, 2.45) is 13.0 Å². The Morgan fingerprint density at radius 2 is 2.00 bits per heavy atom. The van der Waals surface area contributed by atoms with E-state index >= 15 is 0 Å². The molecule has 1 aliphatic heterocycles. The Hall–Kier alpha value is -1.87. The lowest BCUT2D eigenvalue weighted by atomic mass is 10.0. The Bertz CT molecular complexity index is 678. The number of aromatic nitrogens is 1. The van der Waals surface area contributed by atoms with Crippen molar-refractivity contribution in [1.82, 2.24) is 8.87 Å². The van der Waals surface area contributed by atoms with E-state index in [1.165, 1.54) is 17.8 Å². The molecule has 0 bridgehead atoms. The molecule has 1 fully saturated rings. The molecular weight excluding hydrogens is 300 g/mol. The molecule has 1 saturated heterocycles. The summed E-state index contributed by atoms with van der Waals surface area (Å²) in [5.74, 6) is -2.97. The minimum atomic E-state index is -3.88. The van der Waals surface area contributed by atoms with Crippen molar-refractivity contribution in [2.45, 2.75) is 17.7 Å². The smallest absolute Gasteiger partial charge is 0.352 e. The predicted molar refractivity (Wildman–Crippen MR) is 71.5 cm³/mol. The van der Waals surface area contributed by atoms with Gasteiger partial charge in [-0.05, 0) is 18.9 Å². The summed E-state index contributed by atoms with van der Waals surface area (Å²) in [7, 11) is -2.43. The predicted octanol–water partition coefficient (Wildman–Crippen LogP) is 0.209. The van der Waals surface area contributed by atoms with Gasteiger partial charge in [-0.3, -0.25) is 4.79 Å². The molecule has 0 saturated carbocycles. The third-order valence-electron chi connectivity index (χ3n) is 3.57. The number of hydrogen-bond acceptors (Lipinski definition) is 4. The molecule has 0 amide bonds. The van der Waals surface area contributed by atoms with Crippen LogP contribution in [0.2, 0.25) is 0 Å². The van der Waals surface area contributed by atoms with Gasteiger partial charge in [0.15, 0.2) is 0 Å². The Balaban J connectivity index is 2.31. The summed E-state index contributed by atoms with van der Waals surface area (Å²) in [6.07, 6.45) is 2.13. The molecule has 0 radical (unpaired) electrons. The van der Waals surface area contributed by atoms with Crippen LogP contribution in [0, 0.1) is 5.92 Å². The Kier molecular flexibility index (Phi) is 4.06. The molecule has 2 rings (SSSR count). The maximum atomic E-state index is 12.5. The average molecular weight is 316 g/mol. The quantitative estimate of drug-likeness (QED) is 0.820. The number of carboxylic acids is 2. The molecule has 8 nitrogen and oxygen atoms in total. The molecule has 1 atom stereocenters. The van der Waals surface area contributed by atoms with Crippen LogP contribution in [0.4, 0.5) is 0 Å². The van der Waals surface area contributed by atoms with Crippen LogP contribution in [-0.4, -0.2) is 52.5 Å². The molecule has 0 aromatic carbocycles. The van der Waals surface area contributed by atoms with Crippen LogP contribution >= 0.6 is 0 Å². The summed E-state index contributed by atoms with van der Waals surface area (Å²) in [5, 5.41) is 18.0. The lowest BCUT2D eigenvalue weighted by Crippen LogP contribution is -2.42. The van der Waals surface area contributed by atoms with Crippen molar-refractivity contribution < 1.29 is 28.2 Å². The Morgan fingerprint density at radius 1 is 1.33 bits per heavy atom. The maximum absolute atomic E-state index is 12.5. The molecule has 1 aromatic rings. The number of carboxylic acid groups (broad SMARTS) is 2. The molecule has 0 unspecified atom stereocenters. The van der Waals surface area contributed by atoms with E-state index in [0.717, 1.165) is 10.4 Å². The van der Waals surface area contributed by atoms with Gasteiger partial charge in [0, 0.05) is 26.3 Å². The van der Waals surface area contributed by atoms with E-state index in [2.05, 4.69) is 0 Å². The molecule has 2 heterocycles. The van der Waals surface area contributed by atoms with Crippen molar-refractivity contribution in [3.05, 3.63) is 18.0 Å². The van der Waals surface area contributed by atoms with Crippen molar-refractivity contribution >= 4 is 22.0 Å². The molecule has 21 heavy (non-hydrogen) atoms. The minimum absolute atomic E-state index is 0.0883. The highest BCUT2D eigenvalue weighted by Gasteiger charge is 2.34. The third-order valence-corrected chi connectivity index (χ3v) is 5.40. The van der Waals surface area contributed by atoms with Crippen molar-refractivity contribution in [1.29, 1.82) is 0 Å². The fraction of sp³-hybridized carbons (Fsp3) is 0.500. The van der Waals surface area contributed by atoms with E-state index in [0.29, 0.717) is 12.8 Å². The number of aryl methyl sites for hydroxylation is 1. The molecule has 1 aliphatic rings. The second-order valence-corrected chi connectivity index (χ2v) is 6.96. The zero-order valence-electron chi connectivity index (χ0n) is 11.4. The molecule has 116 valence electrons. The van der Waals surface area contributed by atoms with Crippen molar-refractivity contribution in [3.63, 3.8) is 0 Å². The van der Waals surface area contributed by atoms with E-state index < -0.39 is 27.9 Å². The fourth-order valence-electron chi connectivity index (χ4n) is 2.40. The number of sulfonamides is 1. The maximum Gasteiger partial charge on any atom is 0.352 e. The average Bonchev–Trinajstić information content (AvgIpc) is 2.82. The highest BCUT2D eigenvalue weighted by Crippen LogP contribution is 2.25. The molecule has 0 spiro atoms. The van der Waals surface area contributed by atoms with Crippen LogP contribution in [0.1, 0.15) is 23.3 Å². The molecule has 2 N–H and O–H groups in total. The van der Waals surface area contributed by atoms with Gasteiger partial charge in [-0.1, -0.05) is 0 Å². The largest absolute Gasteiger partial charge is 0.481 e. The lowest BCUT2D eigenvalue weighted by molar-refractivity contribution is -0.142. The first kappa shape index (κ1) is 15.5. The van der Waals surface area contributed by atoms with Gasteiger partial charge in [-0.15, -0.1) is 0 Å². The SMILES string of the molecule is Cn1cc(S(=O)(=O)N2CCC[C@@H](C(=O)O)C2)cc1C(=O)O. The summed E-state index contributed by atoms with van der Waals surface area (Å²) >= 11 is 0. The zero-order chi connectivity index (χ0) is 15.8. The zero-order valence-corrected chi connectivity index (χ0v) is 12.2.